The summed E-state index contributed by atoms with van der Waals surface area (Å²) in [4.78, 5) is 12.8. The molecule has 0 aliphatic heterocycles. The van der Waals surface area contributed by atoms with E-state index >= 15 is 0 Å². The average molecular weight is 697 g/mol. The number of allylic oxidation sites excluding steroid dienone is 13. The van der Waals surface area contributed by atoms with Crippen LogP contribution in [-0.2, 0) is 9.53 Å². The zero-order valence-electron chi connectivity index (χ0n) is 34.0. The lowest BCUT2D eigenvalue weighted by Crippen LogP contribution is -2.51. The number of hydrogen-bond acceptors (Lipinski definition) is 2. The highest BCUT2D eigenvalue weighted by atomic mass is 16.5. The van der Waals surface area contributed by atoms with Gasteiger partial charge in [-0.1, -0.05) is 152 Å². The minimum atomic E-state index is 0.0170. The first-order valence-electron chi connectivity index (χ1n) is 21.5. The third kappa shape index (κ3) is 11.3. The summed E-state index contributed by atoms with van der Waals surface area (Å²) in [6, 6.07) is 0. The van der Waals surface area contributed by atoms with Crippen LogP contribution >= 0.6 is 0 Å². The Bertz CT molecular complexity index is 1270. The largest absolute Gasteiger partial charge is 0.462 e. The summed E-state index contributed by atoms with van der Waals surface area (Å²) in [5.41, 5.74) is 2.46. The first-order chi connectivity index (χ1) is 24.6. The van der Waals surface area contributed by atoms with Gasteiger partial charge in [0.15, 0.2) is 0 Å². The third-order valence-electron chi connectivity index (χ3n) is 14.3. The van der Waals surface area contributed by atoms with Crippen LogP contribution in [0.1, 0.15) is 158 Å². The molecule has 0 radical (unpaired) electrons. The maximum Gasteiger partial charge on any atom is 0.306 e. The highest BCUT2D eigenvalue weighted by Gasteiger charge is 2.59. The van der Waals surface area contributed by atoms with E-state index in [9.17, 15) is 4.79 Å². The Kier molecular flexibility index (Phi) is 16.9. The third-order valence-corrected chi connectivity index (χ3v) is 14.3. The van der Waals surface area contributed by atoms with Gasteiger partial charge in [-0.3, -0.25) is 4.79 Å². The average Bonchev–Trinajstić information content (AvgIpc) is 3.47. The fourth-order valence-corrected chi connectivity index (χ4v) is 11.2. The van der Waals surface area contributed by atoms with Gasteiger partial charge in [-0.15, -0.1) is 0 Å². The topological polar surface area (TPSA) is 26.3 Å². The maximum absolute atomic E-state index is 12.8. The van der Waals surface area contributed by atoms with Gasteiger partial charge >= 0.3 is 5.97 Å². The summed E-state index contributed by atoms with van der Waals surface area (Å²) in [6.45, 7) is 17.3. The Morgan fingerprint density at radius 1 is 0.804 bits per heavy atom. The molecule has 0 aromatic heterocycles. The molecule has 0 spiro atoms. The molecule has 4 aliphatic carbocycles. The van der Waals surface area contributed by atoms with Gasteiger partial charge in [-0.25, -0.2) is 0 Å². The fourth-order valence-electron chi connectivity index (χ4n) is 11.2. The van der Waals surface area contributed by atoms with Crippen molar-refractivity contribution in [3.63, 3.8) is 0 Å². The predicted octanol–water partition coefficient (Wildman–Crippen LogP) is 14.3. The molecule has 51 heavy (non-hydrogen) atoms. The Labute approximate surface area is 315 Å². The van der Waals surface area contributed by atoms with Gasteiger partial charge in [0.05, 0.1) is 0 Å². The lowest BCUT2D eigenvalue weighted by molar-refractivity contribution is -0.151. The molecule has 3 saturated carbocycles. The summed E-state index contributed by atoms with van der Waals surface area (Å²) in [6.07, 6.45) is 47.8. The van der Waals surface area contributed by atoms with E-state index in [1.165, 1.54) is 57.8 Å². The number of rotatable bonds is 19. The summed E-state index contributed by atoms with van der Waals surface area (Å²) in [5, 5.41) is 0. The van der Waals surface area contributed by atoms with E-state index in [2.05, 4.69) is 91.0 Å². The lowest BCUT2D eigenvalue weighted by Gasteiger charge is -2.58. The molecular weight excluding hydrogens is 621 g/mol. The molecule has 4 aliphatic rings. The van der Waals surface area contributed by atoms with Crippen LogP contribution in [0.2, 0.25) is 0 Å². The maximum atomic E-state index is 12.8. The number of hydrogen-bond donors (Lipinski definition) is 0. The van der Waals surface area contributed by atoms with Crippen LogP contribution in [0, 0.1) is 52.3 Å². The summed E-state index contributed by atoms with van der Waals surface area (Å²) in [7, 11) is 0. The van der Waals surface area contributed by atoms with Crippen LogP contribution in [-0.4, -0.2) is 12.1 Å². The molecule has 2 heteroatoms. The van der Waals surface area contributed by atoms with Crippen molar-refractivity contribution in [3.8, 4) is 0 Å². The SMILES string of the molecule is CC\C=C/C=C/C=C/C=C\C=C\C=C\CCCCCC(=O)OC1CCC2(C)C(=CCC3C2CCC2(C)C(C(C)CCC(CC)C(C)C)CCC32)C1. The van der Waals surface area contributed by atoms with Crippen LogP contribution in [0.4, 0.5) is 0 Å². The Morgan fingerprint density at radius 2 is 1.49 bits per heavy atom. The molecule has 0 heterocycles. The van der Waals surface area contributed by atoms with Gasteiger partial charge in [0.1, 0.15) is 6.10 Å². The minimum Gasteiger partial charge on any atom is -0.462 e. The molecule has 0 saturated heterocycles. The van der Waals surface area contributed by atoms with Gasteiger partial charge in [0, 0.05) is 12.8 Å². The van der Waals surface area contributed by atoms with Gasteiger partial charge in [-0.05, 0) is 129 Å². The van der Waals surface area contributed by atoms with Crippen LogP contribution in [0.3, 0.4) is 0 Å². The van der Waals surface area contributed by atoms with Crippen molar-refractivity contribution in [2.24, 2.45) is 52.3 Å². The second-order valence-electron chi connectivity index (χ2n) is 17.7. The molecular formula is C49H76O2. The molecule has 0 aromatic rings. The molecule has 3 fully saturated rings. The van der Waals surface area contributed by atoms with Gasteiger partial charge in [-0.2, -0.15) is 0 Å². The van der Waals surface area contributed by atoms with Crippen LogP contribution in [0.15, 0.2) is 84.6 Å². The number of fused-ring (bicyclic) bond motifs is 5. The van der Waals surface area contributed by atoms with Crippen molar-refractivity contribution in [3.05, 3.63) is 84.6 Å². The first kappa shape index (κ1) is 41.4. The van der Waals surface area contributed by atoms with E-state index in [1.807, 2.05) is 36.5 Å². The molecule has 0 bridgehead atoms. The smallest absolute Gasteiger partial charge is 0.306 e. The van der Waals surface area contributed by atoms with Crippen LogP contribution in [0.5, 0.6) is 0 Å². The van der Waals surface area contributed by atoms with Crippen molar-refractivity contribution in [2.75, 3.05) is 0 Å². The summed E-state index contributed by atoms with van der Waals surface area (Å²) >= 11 is 0. The molecule has 0 amide bonds. The monoisotopic (exact) mass is 697 g/mol. The quantitative estimate of drug-likeness (QED) is 0.0581. The molecule has 9 unspecified atom stereocenters. The highest BCUT2D eigenvalue weighted by molar-refractivity contribution is 5.69. The van der Waals surface area contributed by atoms with Crippen molar-refractivity contribution < 1.29 is 9.53 Å². The second kappa shape index (κ2) is 20.8. The fraction of sp³-hybridized carbons (Fsp3) is 0.694. The second-order valence-corrected chi connectivity index (χ2v) is 17.7. The molecule has 2 nitrogen and oxygen atoms in total. The van der Waals surface area contributed by atoms with E-state index in [0.29, 0.717) is 17.3 Å². The van der Waals surface area contributed by atoms with Crippen LogP contribution < -0.4 is 0 Å². The summed E-state index contributed by atoms with van der Waals surface area (Å²) in [5.74, 6) is 6.03. The molecule has 0 N–H and O–H groups in total. The van der Waals surface area contributed by atoms with Crippen molar-refractivity contribution in [2.45, 2.75) is 164 Å². The van der Waals surface area contributed by atoms with E-state index < -0.39 is 0 Å². The van der Waals surface area contributed by atoms with Gasteiger partial charge < -0.3 is 4.74 Å². The number of esters is 1. The van der Waals surface area contributed by atoms with E-state index in [0.717, 1.165) is 86.4 Å². The van der Waals surface area contributed by atoms with E-state index in [1.54, 1.807) is 5.57 Å². The van der Waals surface area contributed by atoms with E-state index in [-0.39, 0.29) is 12.1 Å². The lowest BCUT2D eigenvalue weighted by atomic mass is 9.47. The Balaban J connectivity index is 1.15. The minimum absolute atomic E-state index is 0.0170. The van der Waals surface area contributed by atoms with Crippen molar-refractivity contribution in [1.82, 2.24) is 0 Å². The highest BCUT2D eigenvalue weighted by Crippen LogP contribution is 2.67. The van der Waals surface area contributed by atoms with Crippen LogP contribution in [0.25, 0.3) is 0 Å². The zero-order valence-corrected chi connectivity index (χ0v) is 34.0. The Morgan fingerprint density at radius 3 is 2.16 bits per heavy atom. The first-order valence-corrected chi connectivity index (χ1v) is 21.5. The summed E-state index contributed by atoms with van der Waals surface area (Å²) < 4.78 is 6.12. The standard InChI is InChI=1S/C49H76O2/c1-8-10-11-12-13-14-15-16-17-18-19-20-21-22-23-24-25-26-47(50)51-42-33-35-48(6)41(37-42)29-30-43-45-32-31-44(49(45,7)36-34-46(43)48)39(5)27-28-40(9-2)38(3)4/h10-21,29,38-40,42-46H,8-9,22-28,30-37H2,1-7H3/b11-10-,13-12+,15-14+,17-16-,19-18+,21-20+. The number of carbonyl (C=O) groups excluding carboxylic acids is 1. The molecule has 9 atom stereocenters. The number of unbranched alkanes of at least 4 members (excludes halogenated alkanes) is 3. The zero-order chi connectivity index (χ0) is 36.7. The van der Waals surface area contributed by atoms with Crippen molar-refractivity contribution in [1.29, 1.82) is 0 Å². The number of ether oxygens (including phenoxy) is 1. The van der Waals surface area contributed by atoms with Gasteiger partial charge in [0.25, 0.3) is 0 Å². The van der Waals surface area contributed by atoms with E-state index in [4.69, 9.17) is 4.74 Å². The number of carbonyl (C=O) groups is 1. The van der Waals surface area contributed by atoms with Crippen molar-refractivity contribution >= 4 is 5.97 Å². The predicted molar refractivity (Wildman–Crippen MR) is 220 cm³/mol. The normalized spacial score (nSPS) is 32.4. The molecule has 284 valence electrons. The Hall–Kier alpha value is -2.35. The molecule has 0 aromatic carbocycles. The van der Waals surface area contributed by atoms with Gasteiger partial charge in [0.2, 0.25) is 0 Å². The molecule has 4 rings (SSSR count).